The van der Waals surface area contributed by atoms with E-state index < -0.39 is 48.0 Å². The third kappa shape index (κ3) is 4.80. The lowest BCUT2D eigenvalue weighted by atomic mass is 10.1. The Morgan fingerprint density at radius 2 is 1.85 bits per heavy atom. The molecule has 1 aliphatic heterocycles. The molecule has 0 amide bonds. The summed E-state index contributed by atoms with van der Waals surface area (Å²) in [6.45, 7) is 7.08. The van der Waals surface area contributed by atoms with Gasteiger partial charge in [-0.2, -0.15) is 4.98 Å². The predicted molar refractivity (Wildman–Crippen MR) is 115 cm³/mol. The zero-order valence-electron chi connectivity index (χ0n) is 18.1. The highest BCUT2D eigenvalue weighted by molar-refractivity contribution is 7.71. The minimum Gasteiger partial charge on any atom is -0.463 e. The quantitative estimate of drug-likeness (QED) is 0.242. The van der Waals surface area contributed by atoms with Crippen LogP contribution in [0.4, 0.5) is 5.95 Å². The summed E-state index contributed by atoms with van der Waals surface area (Å²) in [6, 6.07) is 0. The number of H-pyrrole nitrogens is 1. The van der Waals surface area contributed by atoms with Gasteiger partial charge in [-0.05, 0) is 12.2 Å². The summed E-state index contributed by atoms with van der Waals surface area (Å²) in [5.41, 5.74) is 5.33. The van der Waals surface area contributed by atoms with Crippen molar-refractivity contribution in [3.05, 3.63) is 27.8 Å². The minimum absolute atomic E-state index is 0.0555. The van der Waals surface area contributed by atoms with Crippen molar-refractivity contribution in [2.45, 2.75) is 51.9 Å². The zero-order valence-corrected chi connectivity index (χ0v) is 18.9. The number of rotatable bonds is 7. The number of allylic oxidation sites excluding steroid dienone is 1. The van der Waals surface area contributed by atoms with E-state index in [-0.39, 0.29) is 35.0 Å². The maximum absolute atomic E-state index is 12.6. The molecule has 1 aliphatic rings. The molecule has 3 rings (SSSR count). The van der Waals surface area contributed by atoms with Gasteiger partial charge in [0.05, 0.1) is 0 Å². The number of fused-ring (bicyclic) bond motifs is 1. The van der Waals surface area contributed by atoms with Gasteiger partial charge in [-0.25, -0.2) is 0 Å². The summed E-state index contributed by atoms with van der Waals surface area (Å²) in [4.78, 5) is 54.3. The highest BCUT2D eigenvalue weighted by Gasteiger charge is 2.51. The molecule has 0 aromatic carbocycles. The summed E-state index contributed by atoms with van der Waals surface area (Å²) < 4.78 is 24.7. The van der Waals surface area contributed by atoms with Crippen molar-refractivity contribution in [2.75, 3.05) is 12.3 Å². The first-order valence-electron chi connectivity index (χ1n) is 9.79. The second kappa shape index (κ2) is 9.54. The van der Waals surface area contributed by atoms with E-state index in [0.29, 0.717) is 0 Å². The third-order valence-corrected chi connectivity index (χ3v) is 5.15. The maximum Gasteiger partial charge on any atom is 0.303 e. The number of nitrogen functional groups attached to an aromatic ring is 1. The van der Waals surface area contributed by atoms with Gasteiger partial charge in [0.25, 0.3) is 5.56 Å². The van der Waals surface area contributed by atoms with Gasteiger partial charge in [0.15, 0.2) is 34.4 Å². The van der Waals surface area contributed by atoms with Gasteiger partial charge in [-0.15, -0.1) is 6.58 Å². The van der Waals surface area contributed by atoms with Crippen LogP contribution in [-0.4, -0.2) is 61.9 Å². The lowest BCUT2D eigenvalue weighted by Crippen LogP contribution is -2.40. The van der Waals surface area contributed by atoms with Gasteiger partial charge in [0.1, 0.15) is 12.7 Å². The molecule has 33 heavy (non-hydrogen) atoms. The van der Waals surface area contributed by atoms with Gasteiger partial charge in [-0.3, -0.25) is 28.7 Å². The third-order valence-electron chi connectivity index (χ3n) is 4.74. The van der Waals surface area contributed by atoms with E-state index >= 15 is 0 Å². The van der Waals surface area contributed by atoms with Gasteiger partial charge >= 0.3 is 17.9 Å². The molecule has 0 radical (unpaired) electrons. The topological polar surface area (TPSA) is 170 Å². The van der Waals surface area contributed by atoms with Crippen LogP contribution < -0.4 is 11.3 Å². The summed E-state index contributed by atoms with van der Waals surface area (Å²) in [5.74, 6) is -2.13. The first-order chi connectivity index (χ1) is 15.5. The van der Waals surface area contributed by atoms with E-state index in [0.717, 1.165) is 0 Å². The summed E-state index contributed by atoms with van der Waals surface area (Å²) in [6.07, 6.45) is -3.02. The van der Waals surface area contributed by atoms with E-state index in [9.17, 15) is 19.2 Å². The van der Waals surface area contributed by atoms with E-state index in [1.165, 1.54) is 36.0 Å². The lowest BCUT2D eigenvalue weighted by molar-refractivity contribution is -0.166. The fourth-order valence-corrected chi connectivity index (χ4v) is 3.98. The Morgan fingerprint density at radius 1 is 1.21 bits per heavy atom. The molecule has 0 bridgehead atoms. The smallest absolute Gasteiger partial charge is 0.303 e. The van der Waals surface area contributed by atoms with Crippen molar-refractivity contribution in [3.8, 4) is 0 Å². The number of hydrogen-bond donors (Lipinski definition) is 2. The normalized spacial score (nSPS) is 22.2. The van der Waals surface area contributed by atoms with Crippen LogP contribution in [0.5, 0.6) is 0 Å². The van der Waals surface area contributed by atoms with Gasteiger partial charge in [-0.1, -0.05) is 6.08 Å². The van der Waals surface area contributed by atoms with Crippen molar-refractivity contribution in [2.24, 2.45) is 0 Å². The highest BCUT2D eigenvalue weighted by atomic mass is 32.1. The number of carbonyl (C=O) groups excluding carboxylic acids is 3. The first kappa shape index (κ1) is 24.1. The molecule has 1 saturated heterocycles. The monoisotopic (exact) mass is 481 g/mol. The molecule has 0 aliphatic carbocycles. The Kier molecular flexibility index (Phi) is 6.98. The van der Waals surface area contributed by atoms with Crippen molar-refractivity contribution in [1.82, 2.24) is 19.1 Å². The Morgan fingerprint density at radius 3 is 2.42 bits per heavy atom. The lowest BCUT2D eigenvalue weighted by Gasteiger charge is -2.23. The van der Waals surface area contributed by atoms with Crippen LogP contribution in [0.25, 0.3) is 11.2 Å². The van der Waals surface area contributed by atoms with E-state index in [1.54, 1.807) is 0 Å². The van der Waals surface area contributed by atoms with Crippen LogP contribution in [0.15, 0.2) is 17.4 Å². The van der Waals surface area contributed by atoms with Crippen LogP contribution >= 0.6 is 12.2 Å². The molecule has 2 aromatic heterocycles. The van der Waals surface area contributed by atoms with Gasteiger partial charge in [0, 0.05) is 27.3 Å². The number of aromatic amines is 1. The second-order valence-electron chi connectivity index (χ2n) is 7.19. The largest absolute Gasteiger partial charge is 0.463 e. The van der Waals surface area contributed by atoms with Crippen molar-refractivity contribution in [3.63, 3.8) is 0 Å². The molecule has 2 unspecified atom stereocenters. The minimum atomic E-state index is -1.20. The number of nitrogens with zero attached hydrogens (tertiary/aromatic N) is 3. The molecule has 0 spiro atoms. The van der Waals surface area contributed by atoms with Crippen LogP contribution in [0.1, 0.15) is 27.0 Å². The molecule has 0 saturated carbocycles. The number of esters is 3. The molecule has 2 aromatic rings. The molecule has 1 fully saturated rings. The van der Waals surface area contributed by atoms with Crippen LogP contribution in [0, 0.1) is 4.77 Å². The number of nitrogens with two attached hydrogens (primary N) is 1. The number of ether oxygens (including phenoxy) is 4. The molecule has 4 atom stereocenters. The Balaban J connectivity index is 2.23. The fourth-order valence-electron chi connectivity index (χ4n) is 3.63. The van der Waals surface area contributed by atoms with Crippen molar-refractivity contribution >= 4 is 47.2 Å². The molecule has 13 nitrogen and oxygen atoms in total. The number of carbonyl (C=O) groups is 3. The molecule has 178 valence electrons. The predicted octanol–water partition coefficient (Wildman–Crippen LogP) is 0.348. The summed E-state index contributed by atoms with van der Waals surface area (Å²) >= 11 is 5.57. The molecule has 14 heteroatoms. The number of imidazole rings is 1. The van der Waals surface area contributed by atoms with Gasteiger partial charge < -0.3 is 29.2 Å². The second-order valence-corrected chi connectivity index (χ2v) is 7.56. The highest BCUT2D eigenvalue weighted by Crippen LogP contribution is 2.36. The Labute approximate surface area is 192 Å². The van der Waals surface area contributed by atoms with Crippen LogP contribution in [-0.2, 0) is 39.9 Å². The molecule has 3 heterocycles. The van der Waals surface area contributed by atoms with E-state index in [4.69, 9.17) is 36.9 Å². The standard InChI is InChI=1S/C19H23N5O8S/c1-5-6-23-12-15(21-18(20)22-16(12)28)24(19(23)33)17-14(31-10(4)27)13(30-9(3)26)11(32-17)7-29-8(2)25/h5,11,13-14,17H,1,6-7H2,2-4H3,(H3,20,21,22,28)/t11?,13-,14-,17?/m1/s1. The number of hydrogen-bond acceptors (Lipinski definition) is 11. The zero-order chi connectivity index (χ0) is 24.4. The van der Waals surface area contributed by atoms with Crippen molar-refractivity contribution < 1.29 is 33.3 Å². The Bertz CT molecular complexity index is 1230. The Hall–Kier alpha value is -3.52. The average Bonchev–Trinajstić information content (AvgIpc) is 3.15. The van der Waals surface area contributed by atoms with Crippen LogP contribution in [0.2, 0.25) is 0 Å². The number of aromatic nitrogens is 4. The average molecular weight is 481 g/mol. The SMILES string of the molecule is C=CCn1c(=S)n(C2OC(COC(C)=O)[C@@H](OC(C)=O)[C@H]2OC(C)=O)c2nc(N)[nH]c(=O)c21. The fraction of sp³-hybridized carbons (Fsp3) is 0.474. The number of nitrogens with one attached hydrogen (secondary N) is 1. The van der Waals surface area contributed by atoms with Crippen LogP contribution in [0.3, 0.4) is 0 Å². The number of anilines is 1. The summed E-state index contributed by atoms with van der Waals surface area (Å²) in [5, 5.41) is 0. The maximum atomic E-state index is 12.6. The van der Waals surface area contributed by atoms with Gasteiger partial charge in [0.2, 0.25) is 5.95 Å². The van der Waals surface area contributed by atoms with E-state index in [2.05, 4.69) is 16.5 Å². The van der Waals surface area contributed by atoms with Crippen molar-refractivity contribution in [1.29, 1.82) is 0 Å². The summed E-state index contributed by atoms with van der Waals surface area (Å²) in [7, 11) is 0. The first-order valence-corrected chi connectivity index (χ1v) is 10.2. The molecular formula is C19H23N5O8S. The molecule has 3 N–H and O–H groups in total. The van der Waals surface area contributed by atoms with E-state index in [1.807, 2.05) is 0 Å². The molecular weight excluding hydrogens is 458 g/mol.